The van der Waals surface area contributed by atoms with E-state index in [1.807, 2.05) is 44.2 Å². The standard InChI is InChI=1S/C16H16N2O3S/c1-16(2)13(15(20)22-16)18-14(19)11-9-21-12(17-11)8-10-6-4-3-5-7-10/h3-7,9,13H,8H2,1-2H3,(H,18,19)/t13-/m0/s1. The van der Waals surface area contributed by atoms with Gasteiger partial charge in [0.2, 0.25) is 5.12 Å². The number of aromatic nitrogens is 1. The molecule has 114 valence electrons. The second-order valence-corrected chi connectivity index (χ2v) is 7.38. The number of thioether (sulfide) groups is 1. The van der Waals surface area contributed by atoms with Crippen LogP contribution in [0.4, 0.5) is 0 Å². The summed E-state index contributed by atoms with van der Waals surface area (Å²) in [6.45, 7) is 3.85. The number of nitrogens with zero attached hydrogens (tertiary/aromatic N) is 1. The maximum Gasteiger partial charge on any atom is 0.273 e. The van der Waals surface area contributed by atoms with Gasteiger partial charge in [0, 0.05) is 11.2 Å². The van der Waals surface area contributed by atoms with Gasteiger partial charge in [0.05, 0.1) is 0 Å². The van der Waals surface area contributed by atoms with Gasteiger partial charge < -0.3 is 9.73 Å². The van der Waals surface area contributed by atoms with Crippen LogP contribution in [0.3, 0.4) is 0 Å². The van der Waals surface area contributed by atoms with E-state index in [4.69, 9.17) is 4.42 Å². The highest BCUT2D eigenvalue weighted by molar-refractivity contribution is 8.17. The van der Waals surface area contributed by atoms with Crippen LogP contribution in [0, 0.1) is 0 Å². The van der Waals surface area contributed by atoms with Crippen LogP contribution in [0.5, 0.6) is 0 Å². The average molecular weight is 316 g/mol. The fraction of sp³-hybridized carbons (Fsp3) is 0.312. The summed E-state index contributed by atoms with van der Waals surface area (Å²) in [6.07, 6.45) is 1.86. The van der Waals surface area contributed by atoms with E-state index in [1.54, 1.807) is 0 Å². The van der Waals surface area contributed by atoms with E-state index >= 15 is 0 Å². The molecular weight excluding hydrogens is 300 g/mol. The Kier molecular flexibility index (Phi) is 3.78. The van der Waals surface area contributed by atoms with E-state index < -0.39 is 6.04 Å². The van der Waals surface area contributed by atoms with E-state index in [1.165, 1.54) is 18.0 Å². The molecule has 2 heterocycles. The van der Waals surface area contributed by atoms with Crippen molar-refractivity contribution in [3.05, 3.63) is 53.7 Å². The fourth-order valence-electron chi connectivity index (χ4n) is 2.31. The summed E-state index contributed by atoms with van der Waals surface area (Å²) in [6, 6.07) is 9.28. The number of benzene rings is 1. The van der Waals surface area contributed by atoms with Gasteiger partial charge in [-0.2, -0.15) is 0 Å². The first-order valence-corrected chi connectivity index (χ1v) is 7.79. The van der Waals surface area contributed by atoms with E-state index in [-0.39, 0.29) is 21.5 Å². The molecule has 0 bridgehead atoms. The Bertz CT molecular complexity index is 709. The van der Waals surface area contributed by atoms with Crippen molar-refractivity contribution in [1.29, 1.82) is 0 Å². The molecule has 1 aromatic carbocycles. The second-order valence-electron chi connectivity index (χ2n) is 5.72. The van der Waals surface area contributed by atoms with E-state index in [0.717, 1.165) is 5.56 Å². The molecule has 1 saturated heterocycles. The first-order valence-electron chi connectivity index (χ1n) is 6.98. The lowest BCUT2D eigenvalue weighted by atomic mass is 10.0. The molecule has 5 nitrogen and oxygen atoms in total. The molecule has 0 saturated carbocycles. The molecule has 0 aliphatic carbocycles. The summed E-state index contributed by atoms with van der Waals surface area (Å²) in [7, 11) is 0. The summed E-state index contributed by atoms with van der Waals surface area (Å²) < 4.78 is 5.07. The maximum absolute atomic E-state index is 12.2. The molecule has 0 spiro atoms. The largest absolute Gasteiger partial charge is 0.448 e. The molecule has 2 aromatic rings. The third-order valence-electron chi connectivity index (χ3n) is 3.55. The molecule has 0 radical (unpaired) electrons. The lowest BCUT2D eigenvalue weighted by molar-refractivity contribution is -0.115. The molecule has 22 heavy (non-hydrogen) atoms. The summed E-state index contributed by atoms with van der Waals surface area (Å²) in [4.78, 5) is 27.9. The minimum Gasteiger partial charge on any atom is -0.448 e. The SMILES string of the molecule is CC1(C)SC(=O)[C@@H]1NC(=O)c1coc(Cc2ccccc2)n1. The Hall–Kier alpha value is -2.08. The first kappa shape index (κ1) is 14.8. The number of nitrogens with one attached hydrogen (secondary N) is 1. The quantitative estimate of drug-likeness (QED) is 0.938. The van der Waals surface area contributed by atoms with Crippen molar-refractivity contribution in [2.24, 2.45) is 0 Å². The molecular formula is C16H16N2O3S. The van der Waals surface area contributed by atoms with Crippen molar-refractivity contribution >= 4 is 22.8 Å². The maximum atomic E-state index is 12.2. The average Bonchev–Trinajstić information content (AvgIpc) is 2.94. The number of carbonyl (C=O) groups is 2. The summed E-state index contributed by atoms with van der Waals surface area (Å²) >= 11 is 1.24. The molecule has 6 heteroatoms. The zero-order valence-electron chi connectivity index (χ0n) is 12.3. The molecule has 1 atom stereocenters. The Morgan fingerprint density at radius 1 is 1.36 bits per heavy atom. The van der Waals surface area contributed by atoms with Crippen molar-refractivity contribution in [3.8, 4) is 0 Å². The molecule has 1 amide bonds. The van der Waals surface area contributed by atoms with Crippen LogP contribution in [0.15, 0.2) is 41.0 Å². The fourth-order valence-corrected chi connectivity index (χ4v) is 3.40. The van der Waals surface area contributed by atoms with Crippen molar-refractivity contribution in [2.45, 2.75) is 31.1 Å². The van der Waals surface area contributed by atoms with E-state index in [2.05, 4.69) is 10.3 Å². The van der Waals surface area contributed by atoms with Crippen LogP contribution < -0.4 is 5.32 Å². The van der Waals surface area contributed by atoms with Gasteiger partial charge in [-0.1, -0.05) is 42.1 Å². The third-order valence-corrected chi connectivity index (χ3v) is 4.75. The molecule has 1 aromatic heterocycles. The highest BCUT2D eigenvalue weighted by Gasteiger charge is 2.49. The van der Waals surface area contributed by atoms with Gasteiger partial charge in [-0.3, -0.25) is 9.59 Å². The number of oxazole rings is 1. The smallest absolute Gasteiger partial charge is 0.273 e. The van der Waals surface area contributed by atoms with Crippen LogP contribution in [-0.2, 0) is 11.2 Å². The molecule has 0 unspecified atom stereocenters. The summed E-state index contributed by atoms with van der Waals surface area (Å²) in [5.74, 6) is 0.0970. The minimum atomic E-state index is -0.473. The van der Waals surface area contributed by atoms with Gasteiger partial charge in [-0.05, 0) is 19.4 Å². The van der Waals surface area contributed by atoms with Gasteiger partial charge in [0.25, 0.3) is 5.91 Å². The van der Waals surface area contributed by atoms with Gasteiger partial charge in [0.1, 0.15) is 12.3 Å². The number of hydrogen-bond donors (Lipinski definition) is 1. The zero-order chi connectivity index (χ0) is 15.7. The van der Waals surface area contributed by atoms with Crippen molar-refractivity contribution in [1.82, 2.24) is 10.3 Å². The topological polar surface area (TPSA) is 72.2 Å². The minimum absolute atomic E-state index is 0.0219. The number of rotatable bonds is 4. The van der Waals surface area contributed by atoms with Crippen LogP contribution >= 0.6 is 11.8 Å². The van der Waals surface area contributed by atoms with E-state index in [9.17, 15) is 9.59 Å². The second kappa shape index (κ2) is 5.61. The molecule has 1 aliphatic heterocycles. The number of amides is 1. The highest BCUT2D eigenvalue weighted by Crippen LogP contribution is 2.41. The molecule has 1 fully saturated rings. The summed E-state index contributed by atoms with van der Waals surface area (Å²) in [5.41, 5.74) is 1.26. The molecule has 1 aliphatic rings. The molecule has 1 N–H and O–H groups in total. The lowest BCUT2D eigenvalue weighted by Crippen LogP contribution is -2.59. The van der Waals surface area contributed by atoms with Crippen LogP contribution in [0.25, 0.3) is 0 Å². The van der Waals surface area contributed by atoms with Crippen LogP contribution in [0.2, 0.25) is 0 Å². The van der Waals surface area contributed by atoms with Gasteiger partial charge in [-0.25, -0.2) is 4.98 Å². The highest BCUT2D eigenvalue weighted by atomic mass is 32.2. The third kappa shape index (κ3) is 2.92. The van der Waals surface area contributed by atoms with Crippen LogP contribution in [0.1, 0.15) is 35.8 Å². The predicted octanol–water partition coefficient (Wildman–Crippen LogP) is 2.42. The Balaban J connectivity index is 1.66. The van der Waals surface area contributed by atoms with Crippen molar-refractivity contribution in [2.75, 3.05) is 0 Å². The summed E-state index contributed by atoms with van der Waals surface area (Å²) in [5, 5.41) is 2.70. The number of carbonyl (C=O) groups excluding carboxylic acids is 2. The monoisotopic (exact) mass is 316 g/mol. The van der Waals surface area contributed by atoms with E-state index in [0.29, 0.717) is 12.3 Å². The van der Waals surface area contributed by atoms with Gasteiger partial charge >= 0.3 is 0 Å². The van der Waals surface area contributed by atoms with Gasteiger partial charge in [0.15, 0.2) is 11.6 Å². The lowest BCUT2D eigenvalue weighted by Gasteiger charge is -2.41. The Morgan fingerprint density at radius 2 is 2.09 bits per heavy atom. The first-order chi connectivity index (χ1) is 10.5. The van der Waals surface area contributed by atoms with Crippen LogP contribution in [-0.4, -0.2) is 26.8 Å². The van der Waals surface area contributed by atoms with Gasteiger partial charge in [-0.15, -0.1) is 0 Å². The Labute approximate surface area is 132 Å². The number of hydrogen-bond acceptors (Lipinski definition) is 5. The van der Waals surface area contributed by atoms with Crippen molar-refractivity contribution in [3.63, 3.8) is 0 Å². The Morgan fingerprint density at radius 3 is 2.73 bits per heavy atom. The van der Waals surface area contributed by atoms with Crippen molar-refractivity contribution < 1.29 is 14.0 Å². The predicted molar refractivity (Wildman–Crippen MR) is 83.7 cm³/mol. The molecule has 3 rings (SSSR count). The zero-order valence-corrected chi connectivity index (χ0v) is 13.1. The normalized spacial score (nSPS) is 19.5.